The van der Waals surface area contributed by atoms with E-state index < -0.39 is 11.6 Å². The number of nitrogens with zero attached hydrogens (tertiary/aromatic N) is 5. The molecule has 4 heterocycles. The minimum atomic E-state index is -0.752. The van der Waals surface area contributed by atoms with Crippen molar-refractivity contribution in [2.24, 2.45) is 0 Å². The van der Waals surface area contributed by atoms with Gasteiger partial charge in [0.25, 0.3) is 0 Å². The highest BCUT2D eigenvalue weighted by molar-refractivity contribution is 7.18. The number of thiazole rings is 1. The zero-order valence-corrected chi connectivity index (χ0v) is 19.4. The summed E-state index contributed by atoms with van der Waals surface area (Å²) in [5, 5.41) is 1.36. The standard InChI is InChI=1S/C25H20F2N6OS/c1-2-19(34)32-8-7-15(11-32)33-10-14(20-23(28)29-12-30-24(20)33)5-6-16-17(26)9-18-22(21(16)27)31-25(35-18)13-3-4-13/h2,9-10,12-13,15H,1,3-4,7-8,11H2,(H2,28,29,30)/t15-/m0/s1. The molecule has 1 aliphatic carbocycles. The molecule has 7 nitrogen and oxygen atoms in total. The third-order valence-corrected chi connectivity index (χ3v) is 7.69. The molecule has 0 spiro atoms. The number of carbonyl (C=O) groups excluding carboxylic acids is 1. The van der Waals surface area contributed by atoms with E-state index >= 15 is 4.39 Å². The summed E-state index contributed by atoms with van der Waals surface area (Å²) in [7, 11) is 0. The lowest BCUT2D eigenvalue weighted by atomic mass is 10.1. The molecular weight excluding hydrogens is 470 g/mol. The molecule has 6 rings (SSSR count). The fraction of sp³-hybridized carbons (Fsp3) is 0.280. The molecule has 10 heteroatoms. The molecule has 1 atom stereocenters. The quantitative estimate of drug-likeness (QED) is 0.344. The van der Waals surface area contributed by atoms with E-state index in [1.165, 1.54) is 29.8 Å². The molecule has 0 bridgehead atoms. The molecule has 2 fully saturated rings. The Morgan fingerprint density at radius 1 is 1.26 bits per heavy atom. The maximum Gasteiger partial charge on any atom is 0.246 e. The van der Waals surface area contributed by atoms with Crippen LogP contribution in [0, 0.1) is 23.5 Å². The van der Waals surface area contributed by atoms with Crippen molar-refractivity contribution in [3.05, 3.63) is 59.0 Å². The van der Waals surface area contributed by atoms with Crippen molar-refractivity contribution in [1.82, 2.24) is 24.4 Å². The summed E-state index contributed by atoms with van der Waals surface area (Å²) in [4.78, 5) is 26.6. The third kappa shape index (κ3) is 3.63. The SMILES string of the molecule is C=CC(=O)N1CC[C@H](n2cc(C#Cc3c(F)cc4sc(C5CC5)nc4c3F)c3c(N)ncnc32)C1. The molecule has 1 aliphatic heterocycles. The highest BCUT2D eigenvalue weighted by Gasteiger charge is 2.29. The number of nitrogens with two attached hydrogens (primary N) is 1. The smallest absolute Gasteiger partial charge is 0.246 e. The summed E-state index contributed by atoms with van der Waals surface area (Å²) < 4.78 is 32.5. The predicted molar refractivity (Wildman–Crippen MR) is 130 cm³/mol. The van der Waals surface area contributed by atoms with Crippen LogP contribution in [-0.4, -0.2) is 43.4 Å². The van der Waals surface area contributed by atoms with E-state index in [2.05, 4.69) is 33.4 Å². The number of benzene rings is 1. The van der Waals surface area contributed by atoms with Crippen molar-refractivity contribution in [2.75, 3.05) is 18.8 Å². The van der Waals surface area contributed by atoms with Crippen LogP contribution in [0.5, 0.6) is 0 Å². The maximum atomic E-state index is 15.2. The van der Waals surface area contributed by atoms with Gasteiger partial charge in [-0.3, -0.25) is 4.79 Å². The van der Waals surface area contributed by atoms with Crippen LogP contribution in [0.2, 0.25) is 0 Å². The van der Waals surface area contributed by atoms with Crippen molar-refractivity contribution in [3.63, 3.8) is 0 Å². The second kappa shape index (κ2) is 8.13. The first-order valence-electron chi connectivity index (χ1n) is 11.3. The van der Waals surface area contributed by atoms with Crippen LogP contribution in [0.15, 0.2) is 31.2 Å². The largest absolute Gasteiger partial charge is 0.383 e. The van der Waals surface area contributed by atoms with Gasteiger partial charge in [0, 0.05) is 25.2 Å². The number of hydrogen-bond donors (Lipinski definition) is 1. The van der Waals surface area contributed by atoms with Gasteiger partial charge in [-0.05, 0) is 31.4 Å². The van der Waals surface area contributed by atoms with Crippen LogP contribution in [-0.2, 0) is 4.79 Å². The van der Waals surface area contributed by atoms with Gasteiger partial charge in [-0.25, -0.2) is 23.7 Å². The number of aromatic nitrogens is 4. The van der Waals surface area contributed by atoms with Gasteiger partial charge >= 0.3 is 0 Å². The van der Waals surface area contributed by atoms with Gasteiger partial charge in [0.1, 0.15) is 29.1 Å². The van der Waals surface area contributed by atoms with Crippen molar-refractivity contribution >= 4 is 44.3 Å². The number of rotatable bonds is 3. The number of amides is 1. The van der Waals surface area contributed by atoms with Gasteiger partial charge in [-0.2, -0.15) is 0 Å². The van der Waals surface area contributed by atoms with Crippen molar-refractivity contribution < 1.29 is 13.6 Å². The van der Waals surface area contributed by atoms with Crippen LogP contribution in [0.1, 0.15) is 47.4 Å². The molecule has 1 aromatic carbocycles. The van der Waals surface area contributed by atoms with Gasteiger partial charge in [0.15, 0.2) is 5.82 Å². The Bertz CT molecular complexity index is 1590. The molecule has 2 N–H and O–H groups in total. The average Bonchev–Trinajstić information content (AvgIpc) is 3.26. The lowest BCUT2D eigenvalue weighted by molar-refractivity contribution is -0.125. The number of fused-ring (bicyclic) bond motifs is 2. The minimum Gasteiger partial charge on any atom is -0.383 e. The van der Waals surface area contributed by atoms with Crippen LogP contribution >= 0.6 is 11.3 Å². The summed E-state index contributed by atoms with van der Waals surface area (Å²) in [5.41, 5.74) is 6.99. The Morgan fingerprint density at radius 3 is 2.86 bits per heavy atom. The highest BCUT2D eigenvalue weighted by Crippen LogP contribution is 2.44. The number of hydrogen-bond acceptors (Lipinski definition) is 6. The summed E-state index contributed by atoms with van der Waals surface area (Å²) in [6.45, 7) is 4.62. The molecule has 176 valence electrons. The number of carbonyl (C=O) groups is 1. The third-order valence-electron chi connectivity index (χ3n) is 6.52. The molecule has 35 heavy (non-hydrogen) atoms. The summed E-state index contributed by atoms with van der Waals surface area (Å²) in [5.74, 6) is 4.52. The normalized spacial score (nSPS) is 17.7. The van der Waals surface area contributed by atoms with Crippen molar-refractivity contribution in [1.29, 1.82) is 0 Å². The minimum absolute atomic E-state index is 0.0491. The first-order chi connectivity index (χ1) is 16.9. The number of likely N-dealkylation sites (tertiary alicyclic amines) is 1. The van der Waals surface area contributed by atoms with Crippen LogP contribution in [0.25, 0.3) is 21.3 Å². The van der Waals surface area contributed by atoms with Crippen LogP contribution in [0.3, 0.4) is 0 Å². The molecule has 3 aromatic heterocycles. The maximum absolute atomic E-state index is 15.2. The van der Waals surface area contributed by atoms with E-state index in [4.69, 9.17) is 5.73 Å². The fourth-order valence-electron chi connectivity index (χ4n) is 4.54. The Morgan fingerprint density at radius 2 is 2.09 bits per heavy atom. The first-order valence-corrected chi connectivity index (χ1v) is 12.1. The summed E-state index contributed by atoms with van der Waals surface area (Å²) in [6, 6.07) is 1.25. The lowest BCUT2D eigenvalue weighted by Crippen LogP contribution is -2.27. The van der Waals surface area contributed by atoms with Gasteiger partial charge in [0.2, 0.25) is 5.91 Å². The second-order valence-electron chi connectivity index (χ2n) is 8.81. The van der Waals surface area contributed by atoms with E-state index in [1.54, 1.807) is 11.1 Å². The number of nitrogen functional groups attached to an aromatic ring is 1. The van der Waals surface area contributed by atoms with Gasteiger partial charge in [-0.1, -0.05) is 18.4 Å². The molecule has 2 aliphatic rings. The number of halogens is 2. The molecule has 0 radical (unpaired) electrons. The number of anilines is 1. The molecule has 1 saturated heterocycles. The predicted octanol–water partition coefficient (Wildman–Crippen LogP) is 4.14. The second-order valence-corrected chi connectivity index (χ2v) is 9.87. The monoisotopic (exact) mass is 490 g/mol. The Hall–Kier alpha value is -3.84. The van der Waals surface area contributed by atoms with E-state index in [1.807, 2.05) is 4.57 Å². The zero-order chi connectivity index (χ0) is 24.3. The Balaban J connectivity index is 1.42. The first kappa shape index (κ1) is 21.7. The van der Waals surface area contributed by atoms with E-state index in [0.29, 0.717) is 46.7 Å². The highest BCUT2D eigenvalue weighted by atomic mass is 32.1. The lowest BCUT2D eigenvalue weighted by Gasteiger charge is -2.15. The van der Waals surface area contributed by atoms with E-state index in [9.17, 15) is 9.18 Å². The van der Waals surface area contributed by atoms with Gasteiger partial charge in [-0.15, -0.1) is 11.3 Å². The average molecular weight is 491 g/mol. The molecule has 1 amide bonds. The Kier molecular flexibility index (Phi) is 5.04. The fourth-order valence-corrected chi connectivity index (χ4v) is 5.70. The van der Waals surface area contributed by atoms with Gasteiger partial charge in [0.05, 0.1) is 32.3 Å². The Labute approximate surface area is 203 Å². The topological polar surface area (TPSA) is 89.9 Å². The zero-order valence-electron chi connectivity index (χ0n) is 18.6. The summed E-state index contributed by atoms with van der Waals surface area (Å²) >= 11 is 1.33. The van der Waals surface area contributed by atoms with Crippen LogP contribution in [0.4, 0.5) is 14.6 Å². The molecule has 1 saturated carbocycles. The molecule has 4 aromatic rings. The van der Waals surface area contributed by atoms with E-state index in [0.717, 1.165) is 17.8 Å². The van der Waals surface area contributed by atoms with Crippen LogP contribution < -0.4 is 5.73 Å². The van der Waals surface area contributed by atoms with E-state index in [-0.39, 0.29) is 28.8 Å². The summed E-state index contributed by atoms with van der Waals surface area (Å²) in [6.07, 6.45) is 7.20. The van der Waals surface area contributed by atoms with Crippen molar-refractivity contribution in [2.45, 2.75) is 31.2 Å². The van der Waals surface area contributed by atoms with Gasteiger partial charge < -0.3 is 15.2 Å². The molecular formula is C25H20F2N6OS. The van der Waals surface area contributed by atoms with Crippen molar-refractivity contribution in [3.8, 4) is 11.8 Å². The molecule has 0 unspecified atom stereocenters.